The number of hydrogen-bond donors (Lipinski definition) is 1. The minimum Gasteiger partial charge on any atom is -0.395 e. The highest BCUT2D eigenvalue weighted by Crippen LogP contribution is 2.26. The van der Waals surface area contributed by atoms with Crippen LogP contribution in [0.1, 0.15) is 29.6 Å². The van der Waals surface area contributed by atoms with Crippen molar-refractivity contribution in [2.75, 3.05) is 19.7 Å². The second-order valence-electron chi connectivity index (χ2n) is 4.77. The minimum absolute atomic E-state index is 0.0407. The maximum absolute atomic E-state index is 13.4. The molecule has 104 valence electrons. The molecule has 0 amide bonds. The Bertz CT molecular complexity index is 461. The zero-order valence-electron chi connectivity index (χ0n) is 10.6. The van der Waals surface area contributed by atoms with Crippen LogP contribution < -0.4 is 0 Å². The monoisotopic (exact) mass is 269 g/mol. The molecule has 0 aliphatic heterocycles. The van der Waals surface area contributed by atoms with Gasteiger partial charge in [-0.05, 0) is 25.0 Å². The molecule has 1 aliphatic carbocycles. The van der Waals surface area contributed by atoms with Gasteiger partial charge in [-0.1, -0.05) is 6.07 Å². The first-order valence-corrected chi connectivity index (χ1v) is 6.45. The number of nitrogens with zero attached hydrogens (tertiary/aromatic N) is 1. The van der Waals surface area contributed by atoms with Gasteiger partial charge in [0.25, 0.3) is 0 Å². The van der Waals surface area contributed by atoms with E-state index in [1.807, 2.05) is 4.90 Å². The molecule has 0 heterocycles. The Kier molecular flexibility index (Phi) is 4.61. The van der Waals surface area contributed by atoms with Gasteiger partial charge < -0.3 is 5.11 Å². The fraction of sp³-hybridized carbons (Fsp3) is 0.500. The standard InChI is InChI=1S/C14H17F2NO2/c15-12-3-1-2-11(14(12)16)13(19)6-7-17(8-9-18)10-4-5-10/h1-3,10,18H,4-9H2. The van der Waals surface area contributed by atoms with Crippen LogP contribution in [0.2, 0.25) is 0 Å². The molecule has 0 aromatic heterocycles. The molecule has 2 rings (SSSR count). The van der Waals surface area contributed by atoms with Crippen LogP contribution in [0.3, 0.4) is 0 Å². The van der Waals surface area contributed by atoms with E-state index in [0.29, 0.717) is 19.1 Å². The summed E-state index contributed by atoms with van der Waals surface area (Å²) in [5.41, 5.74) is -0.195. The summed E-state index contributed by atoms with van der Waals surface area (Å²) in [6.07, 6.45) is 2.28. The lowest BCUT2D eigenvalue weighted by atomic mass is 10.1. The molecule has 1 aromatic carbocycles. The lowest BCUT2D eigenvalue weighted by molar-refractivity contribution is 0.0949. The average Bonchev–Trinajstić information content (AvgIpc) is 3.21. The van der Waals surface area contributed by atoms with Crippen molar-refractivity contribution < 1.29 is 18.7 Å². The van der Waals surface area contributed by atoms with Crippen molar-refractivity contribution in [2.24, 2.45) is 0 Å². The number of rotatable bonds is 7. The van der Waals surface area contributed by atoms with E-state index in [-0.39, 0.29) is 18.6 Å². The minimum atomic E-state index is -1.08. The quantitative estimate of drug-likeness (QED) is 0.770. The van der Waals surface area contributed by atoms with Gasteiger partial charge in [0.05, 0.1) is 12.2 Å². The third kappa shape index (κ3) is 3.58. The van der Waals surface area contributed by atoms with E-state index in [0.717, 1.165) is 18.9 Å². The summed E-state index contributed by atoms with van der Waals surface area (Å²) in [5, 5.41) is 8.94. The third-order valence-electron chi connectivity index (χ3n) is 3.33. The number of aliphatic hydroxyl groups is 1. The Morgan fingerprint density at radius 3 is 2.68 bits per heavy atom. The first-order valence-electron chi connectivity index (χ1n) is 6.45. The third-order valence-corrected chi connectivity index (χ3v) is 3.33. The summed E-state index contributed by atoms with van der Waals surface area (Å²) >= 11 is 0. The summed E-state index contributed by atoms with van der Waals surface area (Å²) in [4.78, 5) is 13.9. The van der Waals surface area contributed by atoms with Crippen LogP contribution in [-0.2, 0) is 0 Å². The van der Waals surface area contributed by atoms with E-state index in [2.05, 4.69) is 0 Å². The first kappa shape index (κ1) is 14.1. The van der Waals surface area contributed by atoms with Crippen LogP contribution in [0.5, 0.6) is 0 Å². The van der Waals surface area contributed by atoms with Gasteiger partial charge in [0.1, 0.15) is 0 Å². The molecule has 0 unspecified atom stereocenters. The molecule has 1 aliphatic rings. The normalized spacial score (nSPS) is 14.9. The van der Waals surface area contributed by atoms with E-state index in [1.165, 1.54) is 12.1 Å². The first-order chi connectivity index (χ1) is 9.13. The Labute approximate surface area is 110 Å². The van der Waals surface area contributed by atoms with Crippen LogP contribution in [0, 0.1) is 11.6 Å². The number of hydrogen-bond acceptors (Lipinski definition) is 3. The number of Topliss-reactive ketones (excluding diaryl/α,β-unsaturated/α-hetero) is 1. The van der Waals surface area contributed by atoms with Gasteiger partial charge in [0, 0.05) is 25.6 Å². The lowest BCUT2D eigenvalue weighted by Crippen LogP contribution is -2.31. The fourth-order valence-electron chi connectivity index (χ4n) is 2.14. The van der Waals surface area contributed by atoms with Gasteiger partial charge in [-0.15, -0.1) is 0 Å². The Morgan fingerprint density at radius 2 is 2.05 bits per heavy atom. The van der Waals surface area contributed by atoms with Gasteiger partial charge in [-0.25, -0.2) is 8.78 Å². The van der Waals surface area contributed by atoms with Gasteiger partial charge in [-0.2, -0.15) is 0 Å². The number of halogens is 2. The van der Waals surface area contributed by atoms with Crippen molar-refractivity contribution in [1.29, 1.82) is 0 Å². The predicted molar refractivity (Wildman–Crippen MR) is 67.0 cm³/mol. The molecule has 0 saturated heterocycles. The smallest absolute Gasteiger partial charge is 0.169 e. The number of benzene rings is 1. The maximum Gasteiger partial charge on any atom is 0.169 e. The van der Waals surface area contributed by atoms with Crippen LogP contribution in [0.4, 0.5) is 8.78 Å². The van der Waals surface area contributed by atoms with Crippen molar-refractivity contribution in [1.82, 2.24) is 4.90 Å². The second-order valence-corrected chi connectivity index (χ2v) is 4.77. The van der Waals surface area contributed by atoms with Crippen molar-refractivity contribution in [3.63, 3.8) is 0 Å². The molecule has 1 fully saturated rings. The molecule has 0 bridgehead atoms. The summed E-state index contributed by atoms with van der Waals surface area (Å²) in [5.74, 6) is -2.48. The summed E-state index contributed by atoms with van der Waals surface area (Å²) in [6, 6.07) is 4.05. The molecular formula is C14H17F2NO2. The number of ketones is 1. The zero-order chi connectivity index (χ0) is 13.8. The van der Waals surface area contributed by atoms with E-state index in [1.54, 1.807) is 0 Å². The predicted octanol–water partition coefficient (Wildman–Crippen LogP) is 1.99. The lowest BCUT2D eigenvalue weighted by Gasteiger charge is -2.20. The molecule has 0 atom stereocenters. The van der Waals surface area contributed by atoms with Crippen molar-refractivity contribution in [3.05, 3.63) is 35.4 Å². The van der Waals surface area contributed by atoms with Crippen LogP contribution >= 0.6 is 0 Å². The summed E-state index contributed by atoms with van der Waals surface area (Å²) < 4.78 is 26.5. The van der Waals surface area contributed by atoms with Gasteiger partial charge in [0.15, 0.2) is 17.4 Å². The van der Waals surface area contributed by atoms with Crippen LogP contribution in [0.25, 0.3) is 0 Å². The molecule has 1 saturated carbocycles. The number of aliphatic hydroxyl groups excluding tert-OH is 1. The van der Waals surface area contributed by atoms with Gasteiger partial charge in [-0.3, -0.25) is 9.69 Å². The highest BCUT2D eigenvalue weighted by atomic mass is 19.2. The molecule has 3 nitrogen and oxygen atoms in total. The second kappa shape index (κ2) is 6.21. The van der Waals surface area contributed by atoms with E-state index >= 15 is 0 Å². The SMILES string of the molecule is O=C(CCN(CCO)C1CC1)c1cccc(F)c1F. The molecule has 5 heteroatoms. The zero-order valence-corrected chi connectivity index (χ0v) is 10.6. The molecule has 19 heavy (non-hydrogen) atoms. The Balaban J connectivity index is 1.94. The molecule has 0 spiro atoms. The van der Waals surface area contributed by atoms with E-state index in [4.69, 9.17) is 5.11 Å². The van der Waals surface area contributed by atoms with E-state index in [9.17, 15) is 13.6 Å². The van der Waals surface area contributed by atoms with Crippen molar-refractivity contribution >= 4 is 5.78 Å². The molecule has 1 aromatic rings. The molecule has 1 N–H and O–H groups in total. The van der Waals surface area contributed by atoms with Gasteiger partial charge in [0.2, 0.25) is 0 Å². The summed E-state index contributed by atoms with van der Waals surface area (Å²) in [6.45, 7) is 1.03. The topological polar surface area (TPSA) is 40.5 Å². The maximum atomic E-state index is 13.4. The highest BCUT2D eigenvalue weighted by Gasteiger charge is 2.28. The molecule has 0 radical (unpaired) electrons. The van der Waals surface area contributed by atoms with Crippen molar-refractivity contribution in [3.8, 4) is 0 Å². The fourth-order valence-corrected chi connectivity index (χ4v) is 2.14. The largest absolute Gasteiger partial charge is 0.395 e. The highest BCUT2D eigenvalue weighted by molar-refractivity contribution is 5.96. The Morgan fingerprint density at radius 1 is 1.32 bits per heavy atom. The van der Waals surface area contributed by atoms with Crippen LogP contribution in [0.15, 0.2) is 18.2 Å². The molecular weight excluding hydrogens is 252 g/mol. The van der Waals surface area contributed by atoms with Crippen molar-refractivity contribution in [2.45, 2.75) is 25.3 Å². The Hall–Kier alpha value is -1.33. The number of carbonyl (C=O) groups is 1. The number of carbonyl (C=O) groups excluding carboxylic acids is 1. The van der Waals surface area contributed by atoms with Gasteiger partial charge >= 0.3 is 0 Å². The van der Waals surface area contributed by atoms with E-state index < -0.39 is 17.4 Å². The average molecular weight is 269 g/mol. The summed E-state index contributed by atoms with van der Waals surface area (Å²) in [7, 11) is 0. The van der Waals surface area contributed by atoms with Crippen LogP contribution in [-0.4, -0.2) is 41.5 Å².